The summed E-state index contributed by atoms with van der Waals surface area (Å²) in [7, 11) is 1.57. The van der Waals surface area contributed by atoms with Crippen LogP contribution >= 0.6 is 0 Å². The van der Waals surface area contributed by atoms with Gasteiger partial charge in [0.15, 0.2) is 0 Å². The number of anilines is 2. The Labute approximate surface area is 224 Å². The van der Waals surface area contributed by atoms with Crippen molar-refractivity contribution in [2.75, 3.05) is 12.4 Å². The average molecular weight is 526 g/mol. The lowest BCUT2D eigenvalue weighted by atomic mass is 10.1. The SMILES string of the molecule is COc1cc(Nc2cn(Cc3ccccc3)c(=O)n(C(C)c3ccc(F)cc3)c2=O)ccc1-n1cnc(C)c1. The predicted octanol–water partition coefficient (Wildman–Crippen LogP) is 5.05. The maximum absolute atomic E-state index is 13.7. The topological polar surface area (TPSA) is 83.1 Å². The van der Waals surface area contributed by atoms with E-state index in [0.29, 0.717) is 17.0 Å². The van der Waals surface area contributed by atoms with Gasteiger partial charge in [-0.1, -0.05) is 42.5 Å². The number of nitrogens with zero attached hydrogens (tertiary/aromatic N) is 4. The number of benzene rings is 3. The predicted molar refractivity (Wildman–Crippen MR) is 149 cm³/mol. The molecule has 198 valence electrons. The van der Waals surface area contributed by atoms with Crippen LogP contribution < -0.4 is 21.3 Å². The van der Waals surface area contributed by atoms with Crippen molar-refractivity contribution >= 4 is 11.4 Å². The van der Waals surface area contributed by atoms with Gasteiger partial charge in [-0.05, 0) is 49.2 Å². The highest BCUT2D eigenvalue weighted by molar-refractivity contribution is 5.64. The first-order valence-electron chi connectivity index (χ1n) is 12.5. The standard InChI is InChI=1S/C30H28FN5O3/c1-20-16-35(19-32-20)27-14-13-25(15-28(27)39-3)33-26-18-34(17-22-7-5-4-6-8-22)30(38)36(29(26)37)21(2)23-9-11-24(31)12-10-23/h4-16,18-19,21,33H,17H2,1-3H3. The lowest BCUT2D eigenvalue weighted by Gasteiger charge is -2.20. The molecular weight excluding hydrogens is 497 g/mol. The second-order valence-electron chi connectivity index (χ2n) is 9.28. The van der Waals surface area contributed by atoms with E-state index in [1.54, 1.807) is 38.6 Å². The molecule has 0 saturated heterocycles. The Balaban J connectivity index is 1.59. The zero-order valence-electron chi connectivity index (χ0n) is 21.8. The normalized spacial score (nSPS) is 11.8. The van der Waals surface area contributed by atoms with Gasteiger partial charge in [0.2, 0.25) is 0 Å². The highest BCUT2D eigenvalue weighted by Gasteiger charge is 2.19. The third-order valence-electron chi connectivity index (χ3n) is 6.57. The molecule has 8 nitrogen and oxygen atoms in total. The fourth-order valence-electron chi connectivity index (χ4n) is 4.51. The minimum absolute atomic E-state index is 0.216. The third kappa shape index (κ3) is 5.38. The summed E-state index contributed by atoms with van der Waals surface area (Å²) in [4.78, 5) is 31.5. The Hall–Kier alpha value is -4.92. The maximum Gasteiger partial charge on any atom is 0.331 e. The molecule has 0 aliphatic carbocycles. The molecule has 0 fully saturated rings. The second kappa shape index (κ2) is 10.8. The van der Waals surface area contributed by atoms with Gasteiger partial charge < -0.3 is 14.6 Å². The highest BCUT2D eigenvalue weighted by Crippen LogP contribution is 2.28. The van der Waals surface area contributed by atoms with Crippen molar-refractivity contribution in [1.82, 2.24) is 18.7 Å². The van der Waals surface area contributed by atoms with E-state index in [9.17, 15) is 14.0 Å². The Morgan fingerprint density at radius 1 is 1.00 bits per heavy atom. The van der Waals surface area contributed by atoms with E-state index < -0.39 is 23.1 Å². The minimum Gasteiger partial charge on any atom is -0.494 e. The van der Waals surface area contributed by atoms with Crippen LogP contribution in [0, 0.1) is 12.7 Å². The van der Waals surface area contributed by atoms with Crippen molar-refractivity contribution in [3.63, 3.8) is 0 Å². The van der Waals surface area contributed by atoms with E-state index in [4.69, 9.17) is 4.74 Å². The maximum atomic E-state index is 13.7. The lowest BCUT2D eigenvalue weighted by Crippen LogP contribution is -2.42. The zero-order valence-corrected chi connectivity index (χ0v) is 21.8. The molecule has 1 N–H and O–H groups in total. The van der Waals surface area contributed by atoms with Crippen molar-refractivity contribution in [2.24, 2.45) is 0 Å². The molecule has 9 heteroatoms. The minimum atomic E-state index is -0.629. The molecule has 1 unspecified atom stereocenters. The summed E-state index contributed by atoms with van der Waals surface area (Å²) in [5.74, 6) is 0.188. The Bertz CT molecular complexity index is 1720. The van der Waals surface area contributed by atoms with Gasteiger partial charge in [0.25, 0.3) is 5.56 Å². The van der Waals surface area contributed by atoms with Crippen LogP contribution in [-0.2, 0) is 6.54 Å². The van der Waals surface area contributed by atoms with Crippen LogP contribution in [0.4, 0.5) is 15.8 Å². The molecule has 0 aliphatic heterocycles. The van der Waals surface area contributed by atoms with Gasteiger partial charge in [0, 0.05) is 24.1 Å². The number of ether oxygens (including phenoxy) is 1. The average Bonchev–Trinajstić information content (AvgIpc) is 3.38. The molecule has 2 heterocycles. The molecule has 0 aliphatic rings. The number of aryl methyl sites for hydroxylation is 1. The largest absolute Gasteiger partial charge is 0.494 e. The van der Waals surface area contributed by atoms with Crippen LogP contribution in [0.25, 0.3) is 5.69 Å². The van der Waals surface area contributed by atoms with Gasteiger partial charge in [-0.25, -0.2) is 14.2 Å². The lowest BCUT2D eigenvalue weighted by molar-refractivity contribution is 0.413. The van der Waals surface area contributed by atoms with Crippen LogP contribution in [0.2, 0.25) is 0 Å². The van der Waals surface area contributed by atoms with Crippen LogP contribution in [0.5, 0.6) is 5.75 Å². The molecule has 1 atom stereocenters. The number of hydrogen-bond donors (Lipinski definition) is 1. The third-order valence-corrected chi connectivity index (χ3v) is 6.57. The fourth-order valence-corrected chi connectivity index (χ4v) is 4.51. The first-order valence-corrected chi connectivity index (χ1v) is 12.5. The Morgan fingerprint density at radius 2 is 1.74 bits per heavy atom. The van der Waals surface area contributed by atoms with Gasteiger partial charge in [-0.2, -0.15) is 0 Å². The summed E-state index contributed by atoms with van der Waals surface area (Å²) in [5, 5.41) is 3.18. The summed E-state index contributed by atoms with van der Waals surface area (Å²) >= 11 is 0. The molecule has 0 bridgehead atoms. The number of imidazole rings is 1. The monoisotopic (exact) mass is 525 g/mol. The van der Waals surface area contributed by atoms with Crippen molar-refractivity contribution in [3.05, 3.63) is 135 Å². The number of aromatic nitrogens is 4. The Kier molecular flexibility index (Phi) is 7.14. The quantitative estimate of drug-likeness (QED) is 0.307. The van der Waals surface area contributed by atoms with Crippen molar-refractivity contribution in [3.8, 4) is 11.4 Å². The molecule has 39 heavy (non-hydrogen) atoms. The highest BCUT2D eigenvalue weighted by atomic mass is 19.1. The van der Waals surface area contributed by atoms with E-state index in [1.165, 1.54) is 27.5 Å². The molecule has 0 amide bonds. The smallest absolute Gasteiger partial charge is 0.331 e. The van der Waals surface area contributed by atoms with Crippen LogP contribution in [0.15, 0.2) is 101 Å². The molecule has 0 spiro atoms. The number of nitrogens with one attached hydrogen (secondary N) is 1. The number of halogens is 1. The van der Waals surface area contributed by atoms with E-state index in [-0.39, 0.29) is 12.2 Å². The van der Waals surface area contributed by atoms with E-state index in [2.05, 4.69) is 10.3 Å². The van der Waals surface area contributed by atoms with Gasteiger partial charge in [-0.15, -0.1) is 0 Å². The summed E-state index contributed by atoms with van der Waals surface area (Å²) in [6.45, 7) is 3.92. The van der Waals surface area contributed by atoms with Gasteiger partial charge in [-0.3, -0.25) is 13.9 Å². The van der Waals surface area contributed by atoms with Gasteiger partial charge >= 0.3 is 5.69 Å². The van der Waals surface area contributed by atoms with Crippen LogP contribution in [-0.4, -0.2) is 25.8 Å². The second-order valence-corrected chi connectivity index (χ2v) is 9.28. The molecular formula is C30H28FN5O3. The molecule has 2 aromatic heterocycles. The van der Waals surface area contributed by atoms with Gasteiger partial charge in [0.05, 0.1) is 37.4 Å². The van der Waals surface area contributed by atoms with Crippen molar-refractivity contribution in [1.29, 1.82) is 0 Å². The van der Waals surface area contributed by atoms with Crippen LogP contribution in [0.3, 0.4) is 0 Å². The van der Waals surface area contributed by atoms with E-state index in [1.807, 2.05) is 60.2 Å². The van der Waals surface area contributed by atoms with Crippen molar-refractivity contribution in [2.45, 2.75) is 26.4 Å². The Morgan fingerprint density at radius 3 is 2.41 bits per heavy atom. The first kappa shape index (κ1) is 25.7. The summed E-state index contributed by atoms with van der Waals surface area (Å²) in [5.41, 5.74) is 3.08. The fraction of sp³-hybridized carbons (Fsp3) is 0.167. The van der Waals surface area contributed by atoms with E-state index >= 15 is 0 Å². The van der Waals surface area contributed by atoms with Crippen LogP contribution in [0.1, 0.15) is 29.8 Å². The van der Waals surface area contributed by atoms with Crippen molar-refractivity contribution < 1.29 is 9.13 Å². The number of methoxy groups -OCH3 is 1. The number of rotatable bonds is 8. The molecule has 0 radical (unpaired) electrons. The molecule has 3 aromatic carbocycles. The van der Waals surface area contributed by atoms with E-state index in [0.717, 1.165) is 16.9 Å². The summed E-state index contributed by atoms with van der Waals surface area (Å²) < 4.78 is 23.7. The summed E-state index contributed by atoms with van der Waals surface area (Å²) in [6.07, 6.45) is 5.13. The molecule has 5 aromatic rings. The summed E-state index contributed by atoms with van der Waals surface area (Å²) in [6, 6.07) is 20.2. The molecule has 5 rings (SSSR count). The van der Waals surface area contributed by atoms with Gasteiger partial charge in [0.1, 0.15) is 17.3 Å². The molecule has 0 saturated carbocycles. The zero-order chi connectivity index (χ0) is 27.5. The first-order chi connectivity index (χ1) is 18.8. The number of hydrogen-bond acceptors (Lipinski definition) is 5.